The number of methoxy groups -OCH3 is 2. The number of hydrogen-bond donors (Lipinski definition) is 0. The van der Waals surface area contributed by atoms with Gasteiger partial charge in [0.05, 0.1) is 30.8 Å². The molecule has 24 heavy (non-hydrogen) atoms. The van der Waals surface area contributed by atoms with Gasteiger partial charge in [-0.15, -0.1) is 0 Å². The van der Waals surface area contributed by atoms with Crippen molar-refractivity contribution >= 4 is 22.0 Å². The first-order valence-electron chi connectivity index (χ1n) is 7.19. The van der Waals surface area contributed by atoms with Crippen LogP contribution < -0.4 is 0 Å². The number of carbonyl (C=O) groups is 2. The molecular weight excluding hydrogens is 338 g/mol. The predicted molar refractivity (Wildman–Crippen MR) is 85.0 cm³/mol. The smallest absolute Gasteiger partial charge is 0.337 e. The maximum absolute atomic E-state index is 12.8. The molecule has 0 saturated carbocycles. The first-order chi connectivity index (χ1) is 11.4. The van der Waals surface area contributed by atoms with E-state index in [1.54, 1.807) is 6.92 Å². The molecule has 9 heteroatoms. The van der Waals surface area contributed by atoms with Gasteiger partial charge in [-0.05, 0) is 25.1 Å². The number of rotatable bonds is 9. The maximum Gasteiger partial charge on any atom is 0.337 e. The Morgan fingerprint density at radius 1 is 1.21 bits per heavy atom. The minimum absolute atomic E-state index is 0.0277. The van der Waals surface area contributed by atoms with Crippen LogP contribution in [-0.2, 0) is 29.0 Å². The van der Waals surface area contributed by atoms with Crippen LogP contribution >= 0.6 is 0 Å². The predicted octanol–water partition coefficient (Wildman–Crippen LogP) is 0.673. The number of sulfonamides is 1. The van der Waals surface area contributed by atoms with Gasteiger partial charge in [-0.3, -0.25) is 4.79 Å². The minimum Gasteiger partial charge on any atom is -0.465 e. The Kier molecular flexibility index (Phi) is 7.83. The van der Waals surface area contributed by atoms with Crippen LogP contribution in [0.1, 0.15) is 17.3 Å². The van der Waals surface area contributed by atoms with E-state index in [0.29, 0.717) is 0 Å². The molecule has 0 fully saturated rings. The highest BCUT2D eigenvalue weighted by Gasteiger charge is 2.27. The summed E-state index contributed by atoms with van der Waals surface area (Å²) in [5.41, 5.74) is 0.0985. The Morgan fingerprint density at radius 3 is 2.50 bits per heavy atom. The Balaban J connectivity index is 3.14. The molecule has 0 aromatic heterocycles. The average molecular weight is 359 g/mol. The van der Waals surface area contributed by atoms with Crippen LogP contribution in [0.2, 0.25) is 0 Å². The van der Waals surface area contributed by atoms with Crippen molar-refractivity contribution in [2.24, 2.45) is 0 Å². The van der Waals surface area contributed by atoms with Crippen LogP contribution in [0.5, 0.6) is 0 Å². The van der Waals surface area contributed by atoms with E-state index in [2.05, 4.69) is 4.74 Å². The van der Waals surface area contributed by atoms with Gasteiger partial charge in [0.2, 0.25) is 10.0 Å². The van der Waals surface area contributed by atoms with Crippen molar-refractivity contribution < 1.29 is 32.2 Å². The maximum atomic E-state index is 12.8. The van der Waals surface area contributed by atoms with Gasteiger partial charge in [0.25, 0.3) is 0 Å². The fourth-order valence-electron chi connectivity index (χ4n) is 1.88. The SMILES string of the molecule is CCOC(=O)CN(CCOC)S(=O)(=O)c1cccc(C(=O)OC)c1. The summed E-state index contributed by atoms with van der Waals surface area (Å²) in [6.45, 7) is 1.41. The van der Waals surface area contributed by atoms with Crippen LogP contribution in [0, 0.1) is 0 Å². The lowest BCUT2D eigenvalue weighted by molar-refractivity contribution is -0.143. The summed E-state index contributed by atoms with van der Waals surface area (Å²) in [4.78, 5) is 23.1. The van der Waals surface area contributed by atoms with Crippen LogP contribution in [0.25, 0.3) is 0 Å². The zero-order valence-corrected chi connectivity index (χ0v) is 14.7. The number of esters is 2. The molecule has 0 aliphatic heterocycles. The zero-order valence-electron chi connectivity index (χ0n) is 13.9. The Bertz CT molecular complexity index is 672. The first-order valence-corrected chi connectivity index (χ1v) is 8.63. The summed E-state index contributed by atoms with van der Waals surface area (Å²) in [7, 11) is -1.38. The van der Waals surface area contributed by atoms with Gasteiger partial charge in [-0.2, -0.15) is 4.31 Å². The summed E-state index contributed by atoms with van der Waals surface area (Å²) in [5.74, 6) is -1.32. The molecule has 0 atom stereocenters. The molecule has 0 saturated heterocycles. The number of carbonyl (C=O) groups excluding carboxylic acids is 2. The molecule has 1 aromatic rings. The third-order valence-electron chi connectivity index (χ3n) is 3.05. The third-order valence-corrected chi connectivity index (χ3v) is 4.89. The highest BCUT2D eigenvalue weighted by atomic mass is 32.2. The van der Waals surface area contributed by atoms with Crippen molar-refractivity contribution in [2.75, 3.05) is 40.5 Å². The van der Waals surface area contributed by atoms with Gasteiger partial charge in [-0.25, -0.2) is 13.2 Å². The summed E-state index contributed by atoms with van der Waals surface area (Å²) < 4.78 is 40.7. The lowest BCUT2D eigenvalue weighted by Crippen LogP contribution is -2.38. The molecule has 0 unspecified atom stereocenters. The molecule has 134 valence electrons. The van der Waals surface area contributed by atoms with Crippen LogP contribution in [0.3, 0.4) is 0 Å². The van der Waals surface area contributed by atoms with E-state index < -0.39 is 28.5 Å². The largest absolute Gasteiger partial charge is 0.465 e. The Labute approximate surface area is 141 Å². The highest BCUT2D eigenvalue weighted by Crippen LogP contribution is 2.18. The number of nitrogens with zero attached hydrogens (tertiary/aromatic N) is 1. The lowest BCUT2D eigenvalue weighted by atomic mass is 10.2. The number of hydrogen-bond acceptors (Lipinski definition) is 7. The van der Waals surface area contributed by atoms with Crippen molar-refractivity contribution in [1.29, 1.82) is 0 Å². The summed E-state index contributed by atoms with van der Waals surface area (Å²) >= 11 is 0. The molecular formula is C15H21NO7S. The van der Waals surface area contributed by atoms with E-state index in [-0.39, 0.29) is 30.2 Å². The average Bonchev–Trinajstić information content (AvgIpc) is 2.58. The van der Waals surface area contributed by atoms with Crippen LogP contribution in [0.4, 0.5) is 0 Å². The van der Waals surface area contributed by atoms with Crippen molar-refractivity contribution in [1.82, 2.24) is 4.31 Å². The molecule has 0 spiro atoms. The second kappa shape index (κ2) is 9.36. The van der Waals surface area contributed by atoms with E-state index >= 15 is 0 Å². The standard InChI is InChI=1S/C15H21NO7S/c1-4-23-14(17)11-16(8-9-21-2)24(19,20)13-7-5-6-12(10-13)15(18)22-3/h5-7,10H,4,8-9,11H2,1-3H3. The van der Waals surface area contributed by atoms with Gasteiger partial charge in [0, 0.05) is 13.7 Å². The van der Waals surface area contributed by atoms with Gasteiger partial charge >= 0.3 is 11.9 Å². The molecule has 0 aliphatic rings. The topological polar surface area (TPSA) is 99.2 Å². The van der Waals surface area contributed by atoms with E-state index in [0.717, 1.165) is 4.31 Å². The van der Waals surface area contributed by atoms with Crippen molar-refractivity contribution in [3.8, 4) is 0 Å². The molecule has 8 nitrogen and oxygen atoms in total. The molecule has 1 aromatic carbocycles. The molecule has 0 aliphatic carbocycles. The van der Waals surface area contributed by atoms with Gasteiger partial charge in [-0.1, -0.05) is 6.07 Å². The fraction of sp³-hybridized carbons (Fsp3) is 0.467. The summed E-state index contributed by atoms with van der Waals surface area (Å²) in [5, 5.41) is 0. The summed E-state index contributed by atoms with van der Waals surface area (Å²) in [6, 6.07) is 5.41. The number of ether oxygens (including phenoxy) is 3. The normalized spacial score (nSPS) is 11.3. The molecule has 1 rings (SSSR count). The molecule has 0 N–H and O–H groups in total. The number of benzene rings is 1. The molecule has 0 amide bonds. The highest BCUT2D eigenvalue weighted by molar-refractivity contribution is 7.89. The van der Waals surface area contributed by atoms with Crippen LogP contribution in [0.15, 0.2) is 29.2 Å². The summed E-state index contributed by atoms with van der Waals surface area (Å²) in [6.07, 6.45) is 0. The zero-order chi connectivity index (χ0) is 18.2. The van der Waals surface area contributed by atoms with E-state index in [4.69, 9.17) is 9.47 Å². The van der Waals surface area contributed by atoms with Crippen molar-refractivity contribution in [3.05, 3.63) is 29.8 Å². The Hall–Kier alpha value is -1.97. The lowest BCUT2D eigenvalue weighted by Gasteiger charge is -2.21. The quantitative estimate of drug-likeness (QED) is 0.598. The van der Waals surface area contributed by atoms with E-state index in [9.17, 15) is 18.0 Å². The second-order valence-corrected chi connectivity index (χ2v) is 6.59. The molecule has 0 bridgehead atoms. The van der Waals surface area contributed by atoms with Gasteiger partial charge < -0.3 is 14.2 Å². The minimum atomic E-state index is -4.01. The van der Waals surface area contributed by atoms with Gasteiger partial charge in [0.1, 0.15) is 6.54 Å². The third kappa shape index (κ3) is 5.29. The van der Waals surface area contributed by atoms with E-state index in [1.165, 1.54) is 38.5 Å². The monoisotopic (exact) mass is 359 g/mol. The van der Waals surface area contributed by atoms with E-state index in [1.807, 2.05) is 0 Å². The Morgan fingerprint density at radius 2 is 1.92 bits per heavy atom. The molecule has 0 heterocycles. The molecule has 0 radical (unpaired) electrons. The first kappa shape index (κ1) is 20.1. The fourth-order valence-corrected chi connectivity index (χ4v) is 3.29. The van der Waals surface area contributed by atoms with Crippen LogP contribution in [-0.4, -0.2) is 65.2 Å². The van der Waals surface area contributed by atoms with Crippen molar-refractivity contribution in [2.45, 2.75) is 11.8 Å². The second-order valence-electron chi connectivity index (χ2n) is 4.66. The van der Waals surface area contributed by atoms with Crippen molar-refractivity contribution in [3.63, 3.8) is 0 Å². The van der Waals surface area contributed by atoms with Gasteiger partial charge in [0.15, 0.2) is 0 Å².